The van der Waals surface area contributed by atoms with Crippen LogP contribution in [0.3, 0.4) is 0 Å². The van der Waals surface area contributed by atoms with E-state index in [-0.39, 0.29) is 12.5 Å². The summed E-state index contributed by atoms with van der Waals surface area (Å²) in [6, 6.07) is 0. The number of rotatable bonds is 3. The van der Waals surface area contributed by atoms with Gasteiger partial charge < -0.3 is 11.1 Å². The molecule has 1 heterocycles. The summed E-state index contributed by atoms with van der Waals surface area (Å²) in [7, 11) is 0. The van der Waals surface area contributed by atoms with Gasteiger partial charge in [0, 0.05) is 6.54 Å². The molecule has 0 fully saturated rings. The Labute approximate surface area is 75.6 Å². The predicted molar refractivity (Wildman–Crippen MR) is 50.0 cm³/mol. The third-order valence-corrected chi connectivity index (χ3v) is 2.53. The van der Waals surface area contributed by atoms with Crippen LogP contribution in [0.15, 0.2) is 10.8 Å². The molecule has 0 spiro atoms. The maximum Gasteiger partial charge on any atom is 0.234 e. The summed E-state index contributed by atoms with van der Waals surface area (Å²) in [6.45, 7) is 2.68. The second-order valence-electron chi connectivity index (χ2n) is 2.56. The largest absolute Gasteiger partial charge is 0.351 e. The molecule has 0 bridgehead atoms. The molecule has 0 aliphatic carbocycles. The molecule has 0 atom stereocenters. The monoisotopic (exact) mass is 184 g/mol. The van der Waals surface area contributed by atoms with Crippen molar-refractivity contribution in [2.45, 2.75) is 13.5 Å². The molecule has 66 valence electrons. The molecule has 0 aromatic carbocycles. The highest BCUT2D eigenvalue weighted by atomic mass is 32.1. The fourth-order valence-corrected chi connectivity index (χ4v) is 1.69. The molecule has 1 aromatic heterocycles. The van der Waals surface area contributed by atoms with E-state index in [9.17, 15) is 4.79 Å². The van der Waals surface area contributed by atoms with E-state index in [4.69, 9.17) is 5.73 Å². The average molecular weight is 184 g/mol. The number of carbonyl (C=O) groups is 1. The van der Waals surface area contributed by atoms with Crippen LogP contribution in [0.2, 0.25) is 0 Å². The summed E-state index contributed by atoms with van der Waals surface area (Å²) < 4.78 is 0. The van der Waals surface area contributed by atoms with Crippen molar-refractivity contribution in [2.75, 3.05) is 6.54 Å². The van der Waals surface area contributed by atoms with Crippen LogP contribution in [-0.4, -0.2) is 12.5 Å². The second kappa shape index (κ2) is 4.23. The normalized spacial score (nSPS) is 9.83. The number of nitrogens with one attached hydrogen (secondary N) is 1. The van der Waals surface area contributed by atoms with Crippen LogP contribution < -0.4 is 11.1 Å². The topological polar surface area (TPSA) is 55.1 Å². The SMILES string of the molecule is Cc1cscc1CNC(=O)CN. The van der Waals surface area contributed by atoms with Crippen molar-refractivity contribution in [2.24, 2.45) is 5.73 Å². The van der Waals surface area contributed by atoms with E-state index < -0.39 is 0 Å². The maximum atomic E-state index is 10.8. The van der Waals surface area contributed by atoms with Gasteiger partial charge in [-0.3, -0.25) is 4.79 Å². The molecule has 1 amide bonds. The lowest BCUT2D eigenvalue weighted by Gasteiger charge is -2.01. The molecule has 3 nitrogen and oxygen atoms in total. The average Bonchev–Trinajstić information content (AvgIpc) is 2.47. The summed E-state index contributed by atoms with van der Waals surface area (Å²) in [5.74, 6) is -0.111. The van der Waals surface area contributed by atoms with Crippen LogP contribution in [0.4, 0.5) is 0 Å². The van der Waals surface area contributed by atoms with Crippen molar-refractivity contribution in [1.82, 2.24) is 5.32 Å². The standard InChI is InChI=1S/C8H12N2OS/c1-6-4-12-5-7(6)3-10-8(11)2-9/h4-5H,2-3,9H2,1H3,(H,10,11). The molecule has 1 rings (SSSR count). The molecular formula is C8H12N2OS. The molecule has 0 radical (unpaired) electrons. The zero-order valence-corrected chi connectivity index (χ0v) is 7.78. The number of nitrogens with two attached hydrogens (primary N) is 1. The predicted octanol–water partition coefficient (Wildman–Crippen LogP) is 0.631. The minimum absolute atomic E-state index is 0.0587. The second-order valence-corrected chi connectivity index (χ2v) is 3.30. The zero-order chi connectivity index (χ0) is 8.97. The lowest BCUT2D eigenvalue weighted by atomic mass is 10.2. The zero-order valence-electron chi connectivity index (χ0n) is 6.96. The van der Waals surface area contributed by atoms with Gasteiger partial charge in [0.2, 0.25) is 5.91 Å². The van der Waals surface area contributed by atoms with Crippen LogP contribution in [0.1, 0.15) is 11.1 Å². The van der Waals surface area contributed by atoms with Crippen LogP contribution in [0.5, 0.6) is 0 Å². The molecule has 0 saturated carbocycles. The van der Waals surface area contributed by atoms with Crippen molar-refractivity contribution in [3.63, 3.8) is 0 Å². The molecule has 3 N–H and O–H groups in total. The number of carbonyl (C=O) groups excluding carboxylic acids is 1. The number of thiophene rings is 1. The fourth-order valence-electron chi connectivity index (χ4n) is 0.834. The molecule has 0 aliphatic heterocycles. The minimum atomic E-state index is -0.111. The van der Waals surface area contributed by atoms with Gasteiger partial charge in [-0.25, -0.2) is 0 Å². The lowest BCUT2D eigenvalue weighted by molar-refractivity contribution is -0.119. The molecule has 0 saturated heterocycles. The van der Waals surface area contributed by atoms with E-state index in [0.717, 1.165) is 0 Å². The Morgan fingerprint density at radius 3 is 2.92 bits per heavy atom. The van der Waals surface area contributed by atoms with Crippen molar-refractivity contribution >= 4 is 17.2 Å². The number of hydrogen-bond donors (Lipinski definition) is 2. The Balaban J connectivity index is 2.43. The molecule has 1 aromatic rings. The highest BCUT2D eigenvalue weighted by molar-refractivity contribution is 7.08. The van der Waals surface area contributed by atoms with Gasteiger partial charge in [0.25, 0.3) is 0 Å². The van der Waals surface area contributed by atoms with E-state index in [1.54, 1.807) is 11.3 Å². The first-order valence-electron chi connectivity index (χ1n) is 3.72. The van der Waals surface area contributed by atoms with Crippen molar-refractivity contribution < 1.29 is 4.79 Å². The van der Waals surface area contributed by atoms with Crippen LogP contribution in [0, 0.1) is 6.92 Å². The maximum absolute atomic E-state index is 10.8. The van der Waals surface area contributed by atoms with Crippen molar-refractivity contribution in [3.05, 3.63) is 21.9 Å². The van der Waals surface area contributed by atoms with Crippen LogP contribution in [-0.2, 0) is 11.3 Å². The Morgan fingerprint density at radius 1 is 1.67 bits per heavy atom. The van der Waals surface area contributed by atoms with Gasteiger partial charge in [-0.2, -0.15) is 11.3 Å². The van der Waals surface area contributed by atoms with E-state index in [1.807, 2.05) is 12.3 Å². The summed E-state index contributed by atoms with van der Waals surface area (Å²) in [5, 5.41) is 6.81. The summed E-state index contributed by atoms with van der Waals surface area (Å²) >= 11 is 1.64. The van der Waals surface area contributed by atoms with Crippen LogP contribution in [0.25, 0.3) is 0 Å². The highest BCUT2D eigenvalue weighted by Gasteiger charge is 2.00. The van der Waals surface area contributed by atoms with Gasteiger partial charge in [-0.15, -0.1) is 0 Å². The third kappa shape index (κ3) is 2.32. The van der Waals surface area contributed by atoms with Gasteiger partial charge in [-0.05, 0) is 28.8 Å². The van der Waals surface area contributed by atoms with Gasteiger partial charge in [-0.1, -0.05) is 0 Å². The Bertz CT molecular complexity index is 270. The van der Waals surface area contributed by atoms with E-state index in [2.05, 4.69) is 10.7 Å². The third-order valence-electron chi connectivity index (χ3n) is 1.62. The molecule has 0 unspecified atom stereocenters. The quantitative estimate of drug-likeness (QED) is 0.724. The van der Waals surface area contributed by atoms with Crippen LogP contribution >= 0.6 is 11.3 Å². The Morgan fingerprint density at radius 2 is 2.42 bits per heavy atom. The number of amides is 1. The van der Waals surface area contributed by atoms with E-state index >= 15 is 0 Å². The van der Waals surface area contributed by atoms with Gasteiger partial charge in [0.05, 0.1) is 6.54 Å². The van der Waals surface area contributed by atoms with E-state index in [0.29, 0.717) is 6.54 Å². The molecular weight excluding hydrogens is 172 g/mol. The minimum Gasteiger partial charge on any atom is -0.351 e. The lowest BCUT2D eigenvalue weighted by Crippen LogP contribution is -2.29. The van der Waals surface area contributed by atoms with Crippen molar-refractivity contribution in [1.29, 1.82) is 0 Å². The molecule has 0 aliphatic rings. The van der Waals surface area contributed by atoms with Gasteiger partial charge >= 0.3 is 0 Å². The first-order valence-corrected chi connectivity index (χ1v) is 4.66. The first kappa shape index (κ1) is 9.22. The van der Waals surface area contributed by atoms with Gasteiger partial charge in [0.1, 0.15) is 0 Å². The van der Waals surface area contributed by atoms with E-state index in [1.165, 1.54) is 11.1 Å². The Kier molecular flexibility index (Phi) is 3.25. The summed E-state index contributed by atoms with van der Waals surface area (Å²) in [4.78, 5) is 10.8. The Hall–Kier alpha value is -0.870. The highest BCUT2D eigenvalue weighted by Crippen LogP contribution is 2.12. The molecule has 4 heteroatoms. The fraction of sp³-hybridized carbons (Fsp3) is 0.375. The molecule has 12 heavy (non-hydrogen) atoms. The number of hydrogen-bond acceptors (Lipinski definition) is 3. The number of aryl methyl sites for hydroxylation is 1. The summed E-state index contributed by atoms with van der Waals surface area (Å²) in [5.41, 5.74) is 7.53. The van der Waals surface area contributed by atoms with Crippen molar-refractivity contribution in [3.8, 4) is 0 Å². The first-order chi connectivity index (χ1) is 5.74. The van der Waals surface area contributed by atoms with Gasteiger partial charge in [0.15, 0.2) is 0 Å². The summed E-state index contributed by atoms with van der Waals surface area (Å²) in [6.07, 6.45) is 0. The smallest absolute Gasteiger partial charge is 0.234 e.